The number of hydrogen-bond donors (Lipinski definition) is 2. The first-order valence-electron chi connectivity index (χ1n) is 7.38. The number of hydrogen-bond acceptors (Lipinski definition) is 4. The van der Waals surface area contributed by atoms with Crippen LogP contribution < -0.4 is 10.5 Å². The molecular weight excluding hydrogens is 288 g/mol. The van der Waals surface area contributed by atoms with Crippen molar-refractivity contribution in [2.75, 3.05) is 26.8 Å². The second-order valence-corrected chi connectivity index (χ2v) is 6.75. The molecule has 0 aliphatic carbocycles. The van der Waals surface area contributed by atoms with E-state index in [4.69, 9.17) is 10.5 Å². The average Bonchev–Trinajstić information content (AvgIpc) is 2.49. The molecule has 0 fully saturated rings. The zero-order valence-corrected chi connectivity index (χ0v) is 13.5. The van der Waals surface area contributed by atoms with E-state index in [9.17, 15) is 8.42 Å². The van der Waals surface area contributed by atoms with Crippen LogP contribution in [0.1, 0.15) is 31.2 Å². The summed E-state index contributed by atoms with van der Waals surface area (Å²) in [7, 11) is -1.73. The molecule has 120 valence electrons. The lowest BCUT2D eigenvalue weighted by Crippen LogP contribution is -2.24. The predicted molar refractivity (Wildman–Crippen MR) is 84.7 cm³/mol. The van der Waals surface area contributed by atoms with Crippen LogP contribution in [-0.4, -0.2) is 35.2 Å². The van der Waals surface area contributed by atoms with Gasteiger partial charge in [-0.1, -0.05) is 12.1 Å². The Morgan fingerprint density at radius 1 is 1.10 bits per heavy atom. The van der Waals surface area contributed by atoms with Crippen LogP contribution in [0.25, 0.3) is 0 Å². The summed E-state index contributed by atoms with van der Waals surface area (Å²) in [4.78, 5) is 0.316. The molecule has 0 saturated carbocycles. The van der Waals surface area contributed by atoms with Crippen molar-refractivity contribution in [3.63, 3.8) is 0 Å². The van der Waals surface area contributed by atoms with Crippen molar-refractivity contribution in [3.05, 3.63) is 29.8 Å². The topological polar surface area (TPSA) is 81.4 Å². The number of nitrogens with one attached hydrogen (secondary N) is 1. The van der Waals surface area contributed by atoms with Crippen LogP contribution in [0.5, 0.6) is 0 Å². The number of aryl methyl sites for hydroxylation is 1. The van der Waals surface area contributed by atoms with Gasteiger partial charge in [-0.05, 0) is 56.3 Å². The van der Waals surface area contributed by atoms with Crippen LogP contribution in [-0.2, 0) is 21.2 Å². The van der Waals surface area contributed by atoms with Gasteiger partial charge in [-0.15, -0.1) is 0 Å². The van der Waals surface area contributed by atoms with E-state index in [-0.39, 0.29) is 0 Å². The summed E-state index contributed by atoms with van der Waals surface area (Å²) in [5.74, 6) is 0. The monoisotopic (exact) mass is 314 g/mol. The van der Waals surface area contributed by atoms with Gasteiger partial charge in [0.05, 0.1) is 4.90 Å². The summed E-state index contributed by atoms with van der Waals surface area (Å²) >= 11 is 0. The molecule has 1 rings (SSSR count). The number of unbranched alkanes of at least 4 members (excludes halogenated alkanes) is 2. The summed E-state index contributed by atoms with van der Waals surface area (Å²) < 4.78 is 31.8. The van der Waals surface area contributed by atoms with E-state index in [0.29, 0.717) is 18.0 Å². The third kappa shape index (κ3) is 7.04. The van der Waals surface area contributed by atoms with Crippen molar-refractivity contribution < 1.29 is 13.2 Å². The summed E-state index contributed by atoms with van der Waals surface area (Å²) in [6, 6.07) is 7.00. The number of sulfonamides is 1. The molecular formula is C15H26N2O3S. The number of methoxy groups -OCH3 is 1. The van der Waals surface area contributed by atoms with E-state index in [2.05, 4.69) is 4.72 Å². The Bertz CT molecular complexity index is 486. The van der Waals surface area contributed by atoms with Gasteiger partial charge in [-0.25, -0.2) is 13.1 Å². The molecule has 5 nitrogen and oxygen atoms in total. The second kappa shape index (κ2) is 9.89. The van der Waals surface area contributed by atoms with Crippen LogP contribution in [0.3, 0.4) is 0 Å². The van der Waals surface area contributed by atoms with E-state index in [0.717, 1.165) is 44.3 Å². The summed E-state index contributed by atoms with van der Waals surface area (Å²) in [5, 5.41) is 0. The Hall–Kier alpha value is -0.950. The minimum atomic E-state index is -3.40. The lowest BCUT2D eigenvalue weighted by atomic mass is 10.1. The van der Waals surface area contributed by atoms with E-state index < -0.39 is 10.0 Å². The van der Waals surface area contributed by atoms with Crippen molar-refractivity contribution in [1.82, 2.24) is 4.72 Å². The van der Waals surface area contributed by atoms with Gasteiger partial charge in [0.25, 0.3) is 0 Å². The Labute approximate surface area is 127 Å². The van der Waals surface area contributed by atoms with Crippen molar-refractivity contribution >= 4 is 10.0 Å². The summed E-state index contributed by atoms with van der Waals surface area (Å²) in [6.45, 7) is 1.82. The molecule has 0 unspecified atom stereocenters. The molecule has 0 spiro atoms. The van der Waals surface area contributed by atoms with Crippen molar-refractivity contribution in [2.24, 2.45) is 5.73 Å². The zero-order chi connectivity index (χ0) is 15.6. The van der Waals surface area contributed by atoms with Gasteiger partial charge in [-0.3, -0.25) is 0 Å². The molecule has 0 radical (unpaired) electrons. The molecule has 0 heterocycles. The van der Waals surface area contributed by atoms with Gasteiger partial charge in [0.1, 0.15) is 0 Å². The van der Waals surface area contributed by atoms with Gasteiger partial charge in [0.15, 0.2) is 0 Å². The Morgan fingerprint density at radius 3 is 2.43 bits per heavy atom. The Balaban J connectivity index is 2.42. The van der Waals surface area contributed by atoms with E-state index in [1.807, 2.05) is 12.1 Å². The fourth-order valence-electron chi connectivity index (χ4n) is 1.98. The minimum Gasteiger partial charge on any atom is -0.385 e. The molecule has 1 aromatic carbocycles. The first-order valence-corrected chi connectivity index (χ1v) is 8.86. The van der Waals surface area contributed by atoms with Crippen LogP contribution in [0.2, 0.25) is 0 Å². The first-order chi connectivity index (χ1) is 10.1. The maximum absolute atomic E-state index is 12.1. The SMILES string of the molecule is COCCCCCNS(=O)(=O)c1ccc(CCCN)cc1. The van der Waals surface area contributed by atoms with Crippen LogP contribution in [0, 0.1) is 0 Å². The average molecular weight is 314 g/mol. The highest BCUT2D eigenvalue weighted by Crippen LogP contribution is 2.11. The van der Waals surface area contributed by atoms with Crippen LogP contribution in [0.4, 0.5) is 0 Å². The molecule has 0 bridgehead atoms. The maximum Gasteiger partial charge on any atom is 0.240 e. The smallest absolute Gasteiger partial charge is 0.240 e. The lowest BCUT2D eigenvalue weighted by molar-refractivity contribution is 0.192. The Kier molecular flexibility index (Phi) is 8.52. The fraction of sp³-hybridized carbons (Fsp3) is 0.600. The van der Waals surface area contributed by atoms with Gasteiger partial charge < -0.3 is 10.5 Å². The summed E-state index contributed by atoms with van der Waals surface area (Å²) in [6.07, 6.45) is 4.51. The quantitative estimate of drug-likeness (QED) is 0.609. The van der Waals surface area contributed by atoms with Gasteiger partial charge in [0.2, 0.25) is 10.0 Å². The van der Waals surface area contributed by atoms with E-state index in [1.165, 1.54) is 0 Å². The molecule has 0 saturated heterocycles. The van der Waals surface area contributed by atoms with Crippen molar-refractivity contribution in [2.45, 2.75) is 37.0 Å². The number of rotatable bonds is 11. The largest absolute Gasteiger partial charge is 0.385 e. The third-order valence-corrected chi connectivity index (χ3v) is 4.70. The maximum atomic E-state index is 12.1. The highest BCUT2D eigenvalue weighted by molar-refractivity contribution is 7.89. The molecule has 1 aromatic rings. The highest BCUT2D eigenvalue weighted by Gasteiger charge is 2.12. The number of ether oxygens (including phenoxy) is 1. The molecule has 0 amide bonds. The van der Waals surface area contributed by atoms with E-state index in [1.54, 1.807) is 19.2 Å². The molecule has 0 aliphatic heterocycles. The van der Waals surface area contributed by atoms with Crippen molar-refractivity contribution in [1.29, 1.82) is 0 Å². The lowest BCUT2D eigenvalue weighted by Gasteiger charge is -2.07. The molecule has 0 aromatic heterocycles. The second-order valence-electron chi connectivity index (χ2n) is 4.99. The molecule has 6 heteroatoms. The summed E-state index contributed by atoms with van der Waals surface area (Å²) in [5.41, 5.74) is 6.57. The molecule has 21 heavy (non-hydrogen) atoms. The number of benzene rings is 1. The van der Waals surface area contributed by atoms with Crippen LogP contribution >= 0.6 is 0 Å². The third-order valence-electron chi connectivity index (χ3n) is 3.22. The zero-order valence-electron chi connectivity index (χ0n) is 12.7. The van der Waals surface area contributed by atoms with Crippen LogP contribution in [0.15, 0.2) is 29.2 Å². The fourth-order valence-corrected chi connectivity index (χ4v) is 3.05. The standard InChI is InChI=1S/C15H26N2O3S/c1-20-13-4-2-3-12-17-21(18,19)15-9-7-14(8-10-15)6-5-11-16/h7-10,17H,2-6,11-13,16H2,1H3. The van der Waals surface area contributed by atoms with Crippen molar-refractivity contribution in [3.8, 4) is 0 Å². The first kappa shape index (κ1) is 18.1. The molecule has 3 N–H and O–H groups in total. The minimum absolute atomic E-state index is 0.316. The normalized spacial score (nSPS) is 11.7. The van der Waals surface area contributed by atoms with E-state index >= 15 is 0 Å². The number of nitrogens with two attached hydrogens (primary N) is 1. The Morgan fingerprint density at radius 2 is 1.81 bits per heavy atom. The predicted octanol–water partition coefficient (Wildman–Crippen LogP) is 1.67. The molecule has 0 aliphatic rings. The highest BCUT2D eigenvalue weighted by atomic mass is 32.2. The van der Waals surface area contributed by atoms with Gasteiger partial charge >= 0.3 is 0 Å². The van der Waals surface area contributed by atoms with Gasteiger partial charge in [0, 0.05) is 20.3 Å². The molecule has 0 atom stereocenters. The van der Waals surface area contributed by atoms with Gasteiger partial charge in [-0.2, -0.15) is 0 Å².